The molecule has 0 radical (unpaired) electrons. The maximum Gasteiger partial charge on any atom is 0.341 e. The van der Waals surface area contributed by atoms with Crippen LogP contribution in [0.3, 0.4) is 0 Å². The van der Waals surface area contributed by atoms with Gasteiger partial charge in [0.25, 0.3) is 0 Å². The average molecular weight is 314 g/mol. The molecule has 23 heavy (non-hydrogen) atoms. The molecular formula is C18H22N2O3. The number of pyridine rings is 1. The number of aliphatic hydroxyl groups excluding tert-OH is 1. The van der Waals surface area contributed by atoms with E-state index in [-0.39, 0.29) is 18.5 Å². The van der Waals surface area contributed by atoms with E-state index in [0.29, 0.717) is 12.2 Å². The fraction of sp³-hybridized carbons (Fsp3) is 0.444. The predicted molar refractivity (Wildman–Crippen MR) is 89.7 cm³/mol. The molecule has 0 spiro atoms. The number of hydrogen-bond acceptors (Lipinski definition) is 5. The molecule has 2 heterocycles. The topological polar surface area (TPSA) is 62.7 Å². The van der Waals surface area contributed by atoms with Gasteiger partial charge in [-0.05, 0) is 31.7 Å². The minimum atomic E-state index is -0.341. The van der Waals surface area contributed by atoms with E-state index in [1.807, 2.05) is 24.3 Å². The first kappa shape index (κ1) is 15.7. The molecule has 1 N–H and O–H groups in total. The number of piperidine rings is 1. The van der Waals surface area contributed by atoms with Gasteiger partial charge >= 0.3 is 5.97 Å². The zero-order valence-electron chi connectivity index (χ0n) is 13.4. The second kappa shape index (κ2) is 6.96. The number of carbonyl (C=O) groups is 1. The van der Waals surface area contributed by atoms with E-state index in [1.54, 1.807) is 13.1 Å². The maximum atomic E-state index is 12.4. The maximum absolute atomic E-state index is 12.4. The molecule has 0 bridgehead atoms. The molecule has 1 saturated heterocycles. The summed E-state index contributed by atoms with van der Waals surface area (Å²) in [4.78, 5) is 19.0. The Labute approximate surface area is 135 Å². The number of esters is 1. The SMILES string of the molecule is CCOC(=O)c1cnc2ccccc2c1N1CCCC(CO)C1. The number of anilines is 1. The smallest absolute Gasteiger partial charge is 0.341 e. The number of nitrogens with zero attached hydrogens (tertiary/aromatic N) is 2. The van der Waals surface area contributed by atoms with E-state index in [1.165, 1.54) is 0 Å². The lowest BCUT2D eigenvalue weighted by Crippen LogP contribution is -2.38. The summed E-state index contributed by atoms with van der Waals surface area (Å²) in [6.45, 7) is 3.93. The van der Waals surface area contributed by atoms with Crippen LogP contribution in [0.15, 0.2) is 30.5 Å². The van der Waals surface area contributed by atoms with Gasteiger partial charge in [-0.3, -0.25) is 4.98 Å². The molecule has 1 aromatic heterocycles. The fourth-order valence-corrected chi connectivity index (χ4v) is 3.24. The molecule has 5 nitrogen and oxygen atoms in total. The molecule has 122 valence electrons. The van der Waals surface area contributed by atoms with Gasteiger partial charge in [-0.2, -0.15) is 0 Å². The number of aromatic nitrogens is 1. The molecule has 3 rings (SSSR count). The molecule has 5 heteroatoms. The lowest BCUT2D eigenvalue weighted by Gasteiger charge is -2.35. The number of benzene rings is 1. The van der Waals surface area contributed by atoms with Gasteiger partial charge in [-0.25, -0.2) is 4.79 Å². The van der Waals surface area contributed by atoms with Crippen LogP contribution in [0.2, 0.25) is 0 Å². The summed E-state index contributed by atoms with van der Waals surface area (Å²) in [6.07, 6.45) is 3.63. The van der Waals surface area contributed by atoms with Gasteiger partial charge in [-0.1, -0.05) is 18.2 Å². The summed E-state index contributed by atoms with van der Waals surface area (Å²) in [5.74, 6) is -0.0994. The molecule has 1 fully saturated rings. The zero-order chi connectivity index (χ0) is 16.2. The lowest BCUT2D eigenvalue weighted by atomic mass is 9.97. The lowest BCUT2D eigenvalue weighted by molar-refractivity contribution is 0.0526. The molecule has 0 amide bonds. The van der Waals surface area contributed by atoms with Crippen molar-refractivity contribution in [1.82, 2.24) is 4.98 Å². The highest BCUT2D eigenvalue weighted by atomic mass is 16.5. The van der Waals surface area contributed by atoms with E-state index in [4.69, 9.17) is 4.74 Å². The Morgan fingerprint density at radius 3 is 3.04 bits per heavy atom. The molecule has 1 aliphatic rings. The molecule has 0 aliphatic carbocycles. The minimum absolute atomic E-state index is 0.175. The number of para-hydroxylation sites is 1. The van der Waals surface area contributed by atoms with Crippen molar-refractivity contribution in [3.05, 3.63) is 36.0 Å². The number of fused-ring (bicyclic) bond motifs is 1. The average Bonchev–Trinajstić information content (AvgIpc) is 2.61. The van der Waals surface area contributed by atoms with Crippen molar-refractivity contribution in [3.63, 3.8) is 0 Å². The number of aliphatic hydroxyl groups is 1. The monoisotopic (exact) mass is 314 g/mol. The van der Waals surface area contributed by atoms with Crippen molar-refractivity contribution in [2.75, 3.05) is 31.2 Å². The van der Waals surface area contributed by atoms with Crippen LogP contribution >= 0.6 is 0 Å². The van der Waals surface area contributed by atoms with E-state index < -0.39 is 0 Å². The largest absolute Gasteiger partial charge is 0.462 e. The van der Waals surface area contributed by atoms with Crippen molar-refractivity contribution in [2.24, 2.45) is 5.92 Å². The number of hydrogen-bond donors (Lipinski definition) is 1. The summed E-state index contributed by atoms with van der Waals surface area (Å²) in [6, 6.07) is 7.83. The Kier molecular flexibility index (Phi) is 4.76. The third kappa shape index (κ3) is 3.15. The van der Waals surface area contributed by atoms with E-state index in [0.717, 1.165) is 42.5 Å². The summed E-state index contributed by atoms with van der Waals surface area (Å²) >= 11 is 0. The van der Waals surface area contributed by atoms with Crippen LogP contribution in [-0.4, -0.2) is 42.4 Å². The summed E-state index contributed by atoms with van der Waals surface area (Å²) in [7, 11) is 0. The standard InChI is InChI=1S/C18H22N2O3/c1-2-23-18(22)15-10-19-16-8-4-3-7-14(16)17(15)20-9-5-6-13(11-20)12-21/h3-4,7-8,10,13,21H,2,5-6,9,11-12H2,1H3. The highest BCUT2D eigenvalue weighted by Gasteiger charge is 2.26. The molecule has 2 aromatic rings. The van der Waals surface area contributed by atoms with Gasteiger partial charge in [0.05, 0.1) is 17.8 Å². The minimum Gasteiger partial charge on any atom is -0.462 e. The summed E-state index contributed by atoms with van der Waals surface area (Å²) < 4.78 is 5.21. The second-order valence-electron chi connectivity index (χ2n) is 5.89. The third-order valence-corrected chi connectivity index (χ3v) is 4.34. The van der Waals surface area contributed by atoms with Crippen molar-refractivity contribution in [2.45, 2.75) is 19.8 Å². The van der Waals surface area contributed by atoms with Crippen LogP contribution < -0.4 is 4.90 Å². The third-order valence-electron chi connectivity index (χ3n) is 4.34. The summed E-state index contributed by atoms with van der Waals surface area (Å²) in [5.41, 5.74) is 2.25. The molecule has 1 atom stereocenters. The first-order valence-corrected chi connectivity index (χ1v) is 8.15. The highest BCUT2D eigenvalue weighted by Crippen LogP contribution is 2.33. The molecule has 1 aliphatic heterocycles. The Hall–Kier alpha value is -2.14. The van der Waals surface area contributed by atoms with Crippen LogP contribution in [0, 0.1) is 5.92 Å². The fourth-order valence-electron chi connectivity index (χ4n) is 3.24. The van der Waals surface area contributed by atoms with Gasteiger partial charge < -0.3 is 14.7 Å². The van der Waals surface area contributed by atoms with Crippen molar-refractivity contribution < 1.29 is 14.6 Å². The van der Waals surface area contributed by atoms with Crippen LogP contribution in [-0.2, 0) is 4.74 Å². The number of carbonyl (C=O) groups excluding carboxylic acids is 1. The first-order valence-electron chi connectivity index (χ1n) is 8.15. The van der Waals surface area contributed by atoms with E-state index in [2.05, 4.69) is 9.88 Å². The molecular weight excluding hydrogens is 292 g/mol. The number of rotatable bonds is 4. The second-order valence-corrected chi connectivity index (χ2v) is 5.89. The van der Waals surface area contributed by atoms with Gasteiger partial charge in [0, 0.05) is 31.3 Å². The molecule has 1 unspecified atom stereocenters. The molecule has 0 saturated carbocycles. The van der Waals surface area contributed by atoms with E-state index in [9.17, 15) is 9.90 Å². The van der Waals surface area contributed by atoms with Crippen LogP contribution in [0.5, 0.6) is 0 Å². The quantitative estimate of drug-likeness (QED) is 0.879. The van der Waals surface area contributed by atoms with Gasteiger partial charge in [-0.15, -0.1) is 0 Å². The molecule has 1 aromatic carbocycles. The highest BCUT2D eigenvalue weighted by molar-refractivity contribution is 6.05. The van der Waals surface area contributed by atoms with Crippen molar-refractivity contribution in [3.8, 4) is 0 Å². The number of ether oxygens (including phenoxy) is 1. The Morgan fingerprint density at radius 1 is 1.43 bits per heavy atom. The normalized spacial score (nSPS) is 18.2. The Bertz CT molecular complexity index is 702. The van der Waals surface area contributed by atoms with Crippen LogP contribution in [0.4, 0.5) is 5.69 Å². The van der Waals surface area contributed by atoms with Gasteiger partial charge in [0.1, 0.15) is 5.56 Å². The predicted octanol–water partition coefficient (Wildman–Crippen LogP) is 2.62. The Morgan fingerprint density at radius 2 is 2.26 bits per heavy atom. The first-order chi connectivity index (χ1) is 11.2. The van der Waals surface area contributed by atoms with Crippen molar-refractivity contribution in [1.29, 1.82) is 0 Å². The Balaban J connectivity index is 2.10. The van der Waals surface area contributed by atoms with Crippen LogP contribution in [0.25, 0.3) is 10.9 Å². The van der Waals surface area contributed by atoms with Gasteiger partial charge in [0.15, 0.2) is 0 Å². The van der Waals surface area contributed by atoms with Crippen LogP contribution in [0.1, 0.15) is 30.1 Å². The van der Waals surface area contributed by atoms with Gasteiger partial charge in [0.2, 0.25) is 0 Å². The zero-order valence-corrected chi connectivity index (χ0v) is 13.4. The van der Waals surface area contributed by atoms with E-state index >= 15 is 0 Å². The summed E-state index contributed by atoms with van der Waals surface area (Å²) in [5, 5.41) is 10.5. The van der Waals surface area contributed by atoms with Crippen molar-refractivity contribution >= 4 is 22.6 Å².